The lowest BCUT2D eigenvalue weighted by Gasteiger charge is -2.30. The zero-order chi connectivity index (χ0) is 23.7. The third-order valence-corrected chi connectivity index (χ3v) is 4.82. The summed E-state index contributed by atoms with van der Waals surface area (Å²) in [6.45, 7) is 2.66. The van der Waals surface area contributed by atoms with Gasteiger partial charge in [-0.2, -0.15) is 0 Å². The number of aromatic amines is 1. The zero-order valence-corrected chi connectivity index (χ0v) is 17.2. The molecule has 0 spiro atoms. The number of allylic oxidation sites excluding steroid dienone is 2. The van der Waals surface area contributed by atoms with Gasteiger partial charge in [0.05, 0.1) is 11.6 Å². The Kier molecular flexibility index (Phi) is 6.40. The largest absolute Gasteiger partial charge is 0.573 e. The van der Waals surface area contributed by atoms with Gasteiger partial charge in [0, 0.05) is 6.07 Å². The second kappa shape index (κ2) is 8.73. The molecular formula is C21H21F4N3O4. The molecule has 3 rings (SSSR count). The number of carbonyl (C=O) groups is 1. The first kappa shape index (κ1) is 23.5. The minimum atomic E-state index is -5.08. The molecule has 7 nitrogen and oxygen atoms in total. The van der Waals surface area contributed by atoms with Gasteiger partial charge in [-0.3, -0.25) is 9.59 Å². The Labute approximate surface area is 180 Å². The van der Waals surface area contributed by atoms with E-state index in [-0.39, 0.29) is 17.1 Å². The summed E-state index contributed by atoms with van der Waals surface area (Å²) in [5.74, 6) is -2.93. The lowest BCUT2D eigenvalue weighted by molar-refractivity contribution is -0.275. The number of aliphatic hydroxyl groups is 1. The first-order valence-corrected chi connectivity index (χ1v) is 9.73. The topological polar surface area (TPSA) is 104 Å². The number of ether oxygens (including phenoxy) is 1. The Hall–Kier alpha value is -3.21. The molecule has 0 fully saturated rings. The van der Waals surface area contributed by atoms with E-state index in [0.29, 0.717) is 6.42 Å². The number of hydrogen-bond donors (Lipinski definition) is 3. The van der Waals surface area contributed by atoms with Gasteiger partial charge in [-0.05, 0) is 56.4 Å². The van der Waals surface area contributed by atoms with Crippen molar-refractivity contribution in [3.8, 4) is 5.75 Å². The van der Waals surface area contributed by atoms with Crippen LogP contribution in [0.4, 0.5) is 17.6 Å². The van der Waals surface area contributed by atoms with Gasteiger partial charge in [0.25, 0.3) is 11.5 Å². The average molecular weight is 455 g/mol. The summed E-state index contributed by atoms with van der Waals surface area (Å²) in [5, 5.41) is 13.0. The SMILES string of the molecule is CC(C)(O)[C@@H](NC(=O)c1cc(=O)[nH]c(C2=CCCC2)n1)c1ccc(OC(F)(F)F)c(F)c1. The third-order valence-electron chi connectivity index (χ3n) is 4.82. The van der Waals surface area contributed by atoms with E-state index >= 15 is 0 Å². The molecule has 0 unspecified atom stereocenters. The number of alkyl halides is 3. The molecule has 0 aliphatic heterocycles. The maximum absolute atomic E-state index is 14.2. The minimum absolute atomic E-state index is 0.0126. The second-order valence-corrected chi connectivity index (χ2v) is 7.90. The zero-order valence-electron chi connectivity index (χ0n) is 17.2. The van der Waals surface area contributed by atoms with Crippen LogP contribution in [0, 0.1) is 5.82 Å². The van der Waals surface area contributed by atoms with E-state index < -0.39 is 41.0 Å². The maximum atomic E-state index is 14.2. The fraction of sp³-hybridized carbons (Fsp3) is 0.381. The van der Waals surface area contributed by atoms with Crippen LogP contribution < -0.4 is 15.6 Å². The Morgan fingerprint density at radius 3 is 2.56 bits per heavy atom. The Balaban J connectivity index is 1.89. The molecule has 1 aliphatic carbocycles. The van der Waals surface area contributed by atoms with Crippen LogP contribution in [0.2, 0.25) is 0 Å². The van der Waals surface area contributed by atoms with Crippen molar-refractivity contribution in [3.63, 3.8) is 0 Å². The number of H-pyrrole nitrogens is 1. The summed E-state index contributed by atoms with van der Waals surface area (Å²) in [4.78, 5) is 31.6. The number of nitrogens with one attached hydrogen (secondary N) is 2. The van der Waals surface area contributed by atoms with Gasteiger partial charge in [0.1, 0.15) is 11.5 Å². The van der Waals surface area contributed by atoms with E-state index in [2.05, 4.69) is 20.0 Å². The van der Waals surface area contributed by atoms with Gasteiger partial charge in [0.2, 0.25) is 0 Å². The summed E-state index contributed by atoms with van der Waals surface area (Å²) in [5.41, 5.74) is -1.62. The summed E-state index contributed by atoms with van der Waals surface area (Å²) in [6.07, 6.45) is -0.741. The molecule has 1 heterocycles. The quantitative estimate of drug-likeness (QED) is 0.578. The van der Waals surface area contributed by atoms with Crippen molar-refractivity contribution in [2.24, 2.45) is 0 Å². The van der Waals surface area contributed by atoms with Crippen LogP contribution in [0.1, 0.15) is 61.0 Å². The molecule has 1 aromatic heterocycles. The molecule has 1 aliphatic rings. The number of halogens is 4. The van der Waals surface area contributed by atoms with Crippen LogP contribution in [-0.4, -0.2) is 32.9 Å². The van der Waals surface area contributed by atoms with Gasteiger partial charge in [-0.15, -0.1) is 13.2 Å². The van der Waals surface area contributed by atoms with Gasteiger partial charge < -0.3 is 20.1 Å². The summed E-state index contributed by atoms with van der Waals surface area (Å²) >= 11 is 0. The third kappa shape index (κ3) is 5.72. The fourth-order valence-corrected chi connectivity index (χ4v) is 3.39. The lowest BCUT2D eigenvalue weighted by Crippen LogP contribution is -2.42. The second-order valence-electron chi connectivity index (χ2n) is 7.90. The standard InChI is InChI=1S/C21H21F4N3O4/c1-20(2,31)17(12-7-8-15(13(22)9-12)32-21(23,24)25)28-19(30)14-10-16(29)27-18(26-14)11-5-3-4-6-11/h5,7-10,17,31H,3-4,6H2,1-2H3,(H,28,30)(H,26,27,29)/t17-/m0/s1. The van der Waals surface area contributed by atoms with Crippen LogP contribution in [0.25, 0.3) is 5.57 Å². The van der Waals surface area contributed by atoms with E-state index in [4.69, 9.17) is 0 Å². The van der Waals surface area contributed by atoms with Gasteiger partial charge in [0.15, 0.2) is 11.6 Å². The Morgan fingerprint density at radius 1 is 1.28 bits per heavy atom. The fourth-order valence-electron chi connectivity index (χ4n) is 3.39. The number of benzene rings is 1. The number of nitrogens with zero attached hydrogens (tertiary/aromatic N) is 1. The number of amides is 1. The van der Waals surface area contributed by atoms with Gasteiger partial charge in [-0.1, -0.05) is 12.1 Å². The van der Waals surface area contributed by atoms with Crippen molar-refractivity contribution < 1.29 is 32.2 Å². The first-order valence-electron chi connectivity index (χ1n) is 9.73. The molecule has 2 aromatic rings. The van der Waals surface area contributed by atoms with Crippen molar-refractivity contribution in [2.75, 3.05) is 0 Å². The van der Waals surface area contributed by atoms with Crippen LogP contribution in [0.5, 0.6) is 5.75 Å². The molecule has 0 saturated heterocycles. The highest BCUT2D eigenvalue weighted by atomic mass is 19.4. The number of carbonyl (C=O) groups excluding carboxylic acids is 1. The highest BCUT2D eigenvalue weighted by Gasteiger charge is 2.34. The molecule has 0 radical (unpaired) electrons. The van der Waals surface area contributed by atoms with Gasteiger partial charge >= 0.3 is 6.36 Å². The smallest absolute Gasteiger partial charge is 0.403 e. The number of hydrogen-bond acceptors (Lipinski definition) is 5. The highest BCUT2D eigenvalue weighted by Crippen LogP contribution is 2.31. The summed E-state index contributed by atoms with van der Waals surface area (Å²) in [7, 11) is 0. The molecule has 3 N–H and O–H groups in total. The monoisotopic (exact) mass is 455 g/mol. The Bertz CT molecular complexity index is 1100. The van der Waals surface area contributed by atoms with Crippen molar-refractivity contribution in [1.29, 1.82) is 0 Å². The minimum Gasteiger partial charge on any atom is -0.403 e. The van der Waals surface area contributed by atoms with Gasteiger partial charge in [-0.25, -0.2) is 9.37 Å². The lowest BCUT2D eigenvalue weighted by atomic mass is 9.91. The first-order chi connectivity index (χ1) is 14.8. The average Bonchev–Trinajstić information content (AvgIpc) is 3.20. The van der Waals surface area contributed by atoms with Crippen LogP contribution >= 0.6 is 0 Å². The van der Waals surface area contributed by atoms with Crippen molar-refractivity contribution in [3.05, 3.63) is 63.6 Å². The Morgan fingerprint density at radius 2 is 2.00 bits per heavy atom. The van der Waals surface area contributed by atoms with Crippen molar-refractivity contribution >= 4 is 11.5 Å². The molecule has 1 aromatic carbocycles. The van der Waals surface area contributed by atoms with Crippen LogP contribution in [0.3, 0.4) is 0 Å². The van der Waals surface area contributed by atoms with E-state index in [0.717, 1.165) is 42.7 Å². The molecule has 11 heteroatoms. The predicted molar refractivity (Wildman–Crippen MR) is 106 cm³/mol. The summed E-state index contributed by atoms with van der Waals surface area (Å²) in [6, 6.07) is 2.31. The molecular weight excluding hydrogens is 434 g/mol. The number of aromatic nitrogens is 2. The van der Waals surface area contributed by atoms with Crippen molar-refractivity contribution in [2.45, 2.75) is 51.1 Å². The molecule has 1 atom stereocenters. The van der Waals surface area contributed by atoms with E-state index in [1.807, 2.05) is 6.08 Å². The highest BCUT2D eigenvalue weighted by molar-refractivity contribution is 5.92. The predicted octanol–water partition coefficient (Wildman–Crippen LogP) is 3.62. The number of rotatable bonds is 6. The van der Waals surface area contributed by atoms with Crippen LogP contribution in [0.15, 0.2) is 35.1 Å². The van der Waals surface area contributed by atoms with E-state index in [1.165, 1.54) is 13.8 Å². The maximum Gasteiger partial charge on any atom is 0.573 e. The van der Waals surface area contributed by atoms with Crippen molar-refractivity contribution in [1.82, 2.24) is 15.3 Å². The normalized spacial score (nSPS) is 15.3. The molecule has 172 valence electrons. The molecule has 0 bridgehead atoms. The molecule has 32 heavy (non-hydrogen) atoms. The van der Waals surface area contributed by atoms with E-state index in [1.54, 1.807) is 0 Å². The molecule has 1 amide bonds. The summed E-state index contributed by atoms with van der Waals surface area (Å²) < 4.78 is 54.9. The molecule has 0 saturated carbocycles. The van der Waals surface area contributed by atoms with Crippen LogP contribution in [-0.2, 0) is 0 Å². The van der Waals surface area contributed by atoms with E-state index in [9.17, 15) is 32.3 Å².